The van der Waals surface area contributed by atoms with Crippen LogP contribution in [0, 0.1) is 5.92 Å². The third kappa shape index (κ3) is 1.97. The first-order valence-electron chi connectivity index (χ1n) is 4.23. The maximum atomic E-state index is 4.23. The molecule has 3 heteroatoms. The zero-order valence-electron chi connectivity index (χ0n) is 7.16. The molecule has 0 radical (unpaired) electrons. The van der Waals surface area contributed by atoms with Crippen molar-refractivity contribution in [1.82, 2.24) is 9.97 Å². The average molecular weight is 180 g/mol. The maximum absolute atomic E-state index is 4.23. The lowest BCUT2D eigenvalue weighted by atomic mass is 10.2. The van der Waals surface area contributed by atoms with Crippen LogP contribution in [0.25, 0.3) is 0 Å². The van der Waals surface area contributed by atoms with Crippen molar-refractivity contribution < 1.29 is 0 Å². The fourth-order valence-electron chi connectivity index (χ4n) is 1.21. The van der Waals surface area contributed by atoms with E-state index < -0.39 is 0 Å². The molecule has 0 unspecified atom stereocenters. The van der Waals surface area contributed by atoms with Crippen molar-refractivity contribution in [2.24, 2.45) is 5.92 Å². The van der Waals surface area contributed by atoms with E-state index >= 15 is 0 Å². The summed E-state index contributed by atoms with van der Waals surface area (Å²) in [5, 5.41) is 0.870. The SMILES string of the molecule is CSc1ncc(CC2CC2)cn1. The van der Waals surface area contributed by atoms with Crippen LogP contribution < -0.4 is 0 Å². The van der Waals surface area contributed by atoms with Gasteiger partial charge in [0, 0.05) is 12.4 Å². The second-order valence-corrected chi connectivity index (χ2v) is 4.00. The van der Waals surface area contributed by atoms with Crippen LogP contribution >= 0.6 is 11.8 Å². The van der Waals surface area contributed by atoms with Crippen molar-refractivity contribution >= 4 is 11.8 Å². The van der Waals surface area contributed by atoms with Gasteiger partial charge in [-0.1, -0.05) is 11.8 Å². The van der Waals surface area contributed by atoms with Crippen molar-refractivity contribution in [3.63, 3.8) is 0 Å². The van der Waals surface area contributed by atoms with Gasteiger partial charge in [-0.2, -0.15) is 0 Å². The third-order valence-corrected chi connectivity index (χ3v) is 2.66. The summed E-state index contributed by atoms with van der Waals surface area (Å²) < 4.78 is 0. The molecule has 0 saturated heterocycles. The Hall–Kier alpha value is -0.570. The van der Waals surface area contributed by atoms with Gasteiger partial charge in [0.2, 0.25) is 0 Å². The Bertz CT molecular complexity index is 254. The summed E-state index contributed by atoms with van der Waals surface area (Å²) in [6, 6.07) is 0. The summed E-state index contributed by atoms with van der Waals surface area (Å²) >= 11 is 1.59. The molecular formula is C9H12N2S. The smallest absolute Gasteiger partial charge is 0.187 e. The van der Waals surface area contributed by atoms with Crippen molar-refractivity contribution in [2.75, 3.05) is 6.26 Å². The van der Waals surface area contributed by atoms with Gasteiger partial charge in [0.25, 0.3) is 0 Å². The van der Waals surface area contributed by atoms with Gasteiger partial charge in [-0.05, 0) is 37.0 Å². The van der Waals surface area contributed by atoms with E-state index in [9.17, 15) is 0 Å². The van der Waals surface area contributed by atoms with E-state index in [-0.39, 0.29) is 0 Å². The molecule has 2 rings (SSSR count). The lowest BCUT2D eigenvalue weighted by Crippen LogP contribution is -1.91. The Morgan fingerprint density at radius 3 is 2.58 bits per heavy atom. The molecular weight excluding hydrogens is 168 g/mol. The molecule has 0 aliphatic heterocycles. The molecule has 1 fully saturated rings. The molecule has 0 N–H and O–H groups in total. The third-order valence-electron chi connectivity index (χ3n) is 2.09. The second kappa shape index (κ2) is 3.44. The quantitative estimate of drug-likeness (QED) is 0.526. The summed E-state index contributed by atoms with van der Waals surface area (Å²) in [5.41, 5.74) is 1.29. The normalized spacial score (nSPS) is 16.4. The Labute approximate surface area is 76.8 Å². The number of hydrogen-bond acceptors (Lipinski definition) is 3. The molecule has 0 bridgehead atoms. The Morgan fingerprint density at radius 2 is 2.08 bits per heavy atom. The first kappa shape index (κ1) is 8.05. The van der Waals surface area contributed by atoms with Crippen molar-refractivity contribution in [1.29, 1.82) is 0 Å². The van der Waals surface area contributed by atoms with Crippen LogP contribution in [0.15, 0.2) is 17.6 Å². The highest BCUT2D eigenvalue weighted by atomic mass is 32.2. The van der Waals surface area contributed by atoms with Gasteiger partial charge in [-0.15, -0.1) is 0 Å². The topological polar surface area (TPSA) is 25.8 Å². The zero-order valence-corrected chi connectivity index (χ0v) is 7.97. The average Bonchev–Trinajstić information content (AvgIpc) is 2.90. The number of hydrogen-bond donors (Lipinski definition) is 0. The van der Waals surface area contributed by atoms with Gasteiger partial charge in [-0.3, -0.25) is 0 Å². The monoisotopic (exact) mass is 180 g/mol. The summed E-state index contributed by atoms with van der Waals surface area (Å²) in [5.74, 6) is 0.925. The zero-order chi connectivity index (χ0) is 8.39. The summed E-state index contributed by atoms with van der Waals surface area (Å²) in [4.78, 5) is 8.46. The highest BCUT2D eigenvalue weighted by Crippen LogP contribution is 2.32. The van der Waals surface area contributed by atoms with Crippen LogP contribution in [0.5, 0.6) is 0 Å². The molecule has 2 nitrogen and oxygen atoms in total. The van der Waals surface area contributed by atoms with Crippen LogP contribution in [0.3, 0.4) is 0 Å². The summed E-state index contributed by atoms with van der Waals surface area (Å²) in [7, 11) is 0. The Morgan fingerprint density at radius 1 is 1.42 bits per heavy atom. The van der Waals surface area contributed by atoms with Gasteiger partial charge in [0.1, 0.15) is 0 Å². The molecule has 1 aromatic heterocycles. The fourth-order valence-corrected chi connectivity index (χ4v) is 1.53. The van der Waals surface area contributed by atoms with E-state index in [2.05, 4.69) is 9.97 Å². The summed E-state index contributed by atoms with van der Waals surface area (Å²) in [6.45, 7) is 0. The number of thioether (sulfide) groups is 1. The predicted molar refractivity (Wildman–Crippen MR) is 50.2 cm³/mol. The van der Waals surface area contributed by atoms with Gasteiger partial charge in [-0.25, -0.2) is 9.97 Å². The highest BCUT2D eigenvalue weighted by Gasteiger charge is 2.21. The Kier molecular flexibility index (Phi) is 2.30. The first-order valence-corrected chi connectivity index (χ1v) is 5.46. The lowest BCUT2D eigenvalue weighted by Gasteiger charge is -1.98. The van der Waals surface area contributed by atoms with E-state index in [4.69, 9.17) is 0 Å². The van der Waals surface area contributed by atoms with Crippen LogP contribution in [-0.4, -0.2) is 16.2 Å². The van der Waals surface area contributed by atoms with Gasteiger partial charge >= 0.3 is 0 Å². The molecule has 0 atom stereocenters. The molecule has 0 amide bonds. The number of nitrogens with zero attached hydrogens (tertiary/aromatic N) is 2. The van der Waals surface area contributed by atoms with E-state index in [0.29, 0.717) is 0 Å². The molecule has 0 aromatic carbocycles. The van der Waals surface area contributed by atoms with E-state index in [1.54, 1.807) is 11.8 Å². The van der Waals surface area contributed by atoms with Crippen LogP contribution in [0.4, 0.5) is 0 Å². The highest BCUT2D eigenvalue weighted by molar-refractivity contribution is 7.98. The molecule has 1 aromatic rings. The first-order chi connectivity index (χ1) is 5.88. The standard InChI is InChI=1S/C9H12N2S/c1-12-9-10-5-8(6-11-9)4-7-2-3-7/h5-7H,2-4H2,1H3. The minimum absolute atomic E-state index is 0.870. The fraction of sp³-hybridized carbons (Fsp3) is 0.556. The van der Waals surface area contributed by atoms with Gasteiger partial charge in [0.15, 0.2) is 5.16 Å². The number of rotatable bonds is 3. The van der Waals surface area contributed by atoms with Crippen LogP contribution in [-0.2, 0) is 6.42 Å². The minimum atomic E-state index is 0.870. The molecule has 64 valence electrons. The molecule has 12 heavy (non-hydrogen) atoms. The van der Waals surface area contributed by atoms with Crippen LogP contribution in [0.1, 0.15) is 18.4 Å². The lowest BCUT2D eigenvalue weighted by molar-refractivity contribution is 0.805. The van der Waals surface area contributed by atoms with E-state index in [0.717, 1.165) is 11.1 Å². The van der Waals surface area contributed by atoms with Gasteiger partial charge in [0.05, 0.1) is 0 Å². The largest absolute Gasteiger partial charge is 0.231 e. The molecule has 1 aliphatic carbocycles. The minimum Gasteiger partial charge on any atom is -0.231 e. The van der Waals surface area contributed by atoms with Crippen molar-refractivity contribution in [3.05, 3.63) is 18.0 Å². The maximum Gasteiger partial charge on any atom is 0.187 e. The second-order valence-electron chi connectivity index (χ2n) is 3.23. The molecule has 1 aliphatic rings. The van der Waals surface area contributed by atoms with Crippen LogP contribution in [0.2, 0.25) is 0 Å². The number of aromatic nitrogens is 2. The van der Waals surface area contributed by atoms with Crippen molar-refractivity contribution in [3.8, 4) is 0 Å². The predicted octanol–water partition coefficient (Wildman–Crippen LogP) is 2.15. The van der Waals surface area contributed by atoms with Crippen molar-refractivity contribution in [2.45, 2.75) is 24.4 Å². The molecule has 0 spiro atoms. The van der Waals surface area contributed by atoms with E-state index in [1.165, 1.54) is 24.8 Å². The Balaban J connectivity index is 2.02. The van der Waals surface area contributed by atoms with Gasteiger partial charge < -0.3 is 0 Å². The summed E-state index contributed by atoms with van der Waals surface area (Å²) in [6.07, 6.45) is 9.87. The van der Waals surface area contributed by atoms with E-state index in [1.807, 2.05) is 18.6 Å². The molecule has 1 heterocycles. The molecule has 1 saturated carbocycles.